The van der Waals surface area contributed by atoms with E-state index in [4.69, 9.17) is 5.73 Å². The van der Waals surface area contributed by atoms with E-state index in [-0.39, 0.29) is 5.41 Å². The van der Waals surface area contributed by atoms with Crippen LogP contribution in [-0.4, -0.2) is 24.5 Å². The third kappa shape index (κ3) is 2.56. The van der Waals surface area contributed by atoms with Crippen LogP contribution >= 0.6 is 0 Å². The van der Waals surface area contributed by atoms with Crippen molar-refractivity contribution in [3.8, 4) is 0 Å². The van der Waals surface area contributed by atoms with Crippen LogP contribution < -0.4 is 5.73 Å². The van der Waals surface area contributed by atoms with E-state index in [2.05, 4.69) is 37.9 Å². The Morgan fingerprint density at radius 2 is 1.81 bits per heavy atom. The van der Waals surface area contributed by atoms with Gasteiger partial charge in [-0.05, 0) is 37.6 Å². The van der Waals surface area contributed by atoms with Crippen molar-refractivity contribution in [1.29, 1.82) is 0 Å². The van der Waals surface area contributed by atoms with E-state index in [1.807, 2.05) is 12.1 Å². The van der Waals surface area contributed by atoms with Gasteiger partial charge in [-0.1, -0.05) is 26.0 Å². The maximum absolute atomic E-state index is 5.72. The van der Waals surface area contributed by atoms with Crippen LogP contribution in [0.25, 0.3) is 0 Å². The van der Waals surface area contributed by atoms with Gasteiger partial charge in [0, 0.05) is 23.7 Å². The summed E-state index contributed by atoms with van der Waals surface area (Å²) in [4.78, 5) is 2.48. The van der Waals surface area contributed by atoms with E-state index in [0.717, 1.165) is 18.3 Å². The zero-order chi connectivity index (χ0) is 11.8. The number of hydrogen-bond acceptors (Lipinski definition) is 2. The Morgan fingerprint density at radius 3 is 2.31 bits per heavy atom. The summed E-state index contributed by atoms with van der Waals surface area (Å²) in [5, 5.41) is 0. The number of likely N-dealkylation sites (N-methyl/N-ethyl adjacent to an activating group) is 1. The van der Waals surface area contributed by atoms with Crippen molar-refractivity contribution in [2.45, 2.75) is 38.1 Å². The number of benzene rings is 1. The third-order valence-corrected chi connectivity index (χ3v) is 3.51. The normalized spacial score (nSPS) is 16.8. The summed E-state index contributed by atoms with van der Waals surface area (Å²) in [5.74, 6) is 0. The molecule has 1 aliphatic carbocycles. The van der Waals surface area contributed by atoms with Gasteiger partial charge in [-0.2, -0.15) is 0 Å². The zero-order valence-electron chi connectivity index (χ0n) is 10.5. The monoisotopic (exact) mass is 218 g/mol. The van der Waals surface area contributed by atoms with Gasteiger partial charge in [0.2, 0.25) is 0 Å². The Hall–Kier alpha value is -1.02. The molecule has 0 heterocycles. The smallest absolute Gasteiger partial charge is 0.0314 e. The molecule has 1 aromatic carbocycles. The standard InChI is InChI=1S/C14H22N2/c1-14(2,10-16(3)13-8-9-13)11-4-6-12(15)7-5-11/h4-7,13H,8-10,15H2,1-3H3. The van der Waals surface area contributed by atoms with Crippen molar-refractivity contribution in [2.75, 3.05) is 19.3 Å². The summed E-state index contributed by atoms with van der Waals surface area (Å²) in [6.07, 6.45) is 2.74. The molecular formula is C14H22N2. The molecule has 0 bridgehead atoms. The largest absolute Gasteiger partial charge is 0.399 e. The first-order valence-electron chi connectivity index (χ1n) is 6.05. The molecule has 0 aromatic heterocycles. The molecule has 2 heteroatoms. The van der Waals surface area contributed by atoms with Crippen LogP contribution in [0.5, 0.6) is 0 Å². The summed E-state index contributed by atoms with van der Waals surface area (Å²) >= 11 is 0. The Labute approximate surface area is 98.4 Å². The molecule has 0 saturated heterocycles. The van der Waals surface area contributed by atoms with Gasteiger partial charge in [-0.25, -0.2) is 0 Å². The maximum atomic E-state index is 5.72. The van der Waals surface area contributed by atoms with E-state index in [0.29, 0.717) is 0 Å². The van der Waals surface area contributed by atoms with Crippen molar-refractivity contribution in [2.24, 2.45) is 0 Å². The van der Waals surface area contributed by atoms with Gasteiger partial charge in [0.15, 0.2) is 0 Å². The highest BCUT2D eigenvalue weighted by atomic mass is 15.2. The molecule has 1 saturated carbocycles. The van der Waals surface area contributed by atoms with Gasteiger partial charge in [-0.3, -0.25) is 0 Å². The van der Waals surface area contributed by atoms with Crippen LogP contribution in [0.3, 0.4) is 0 Å². The molecular weight excluding hydrogens is 196 g/mol. The molecule has 1 aromatic rings. The molecule has 0 spiro atoms. The summed E-state index contributed by atoms with van der Waals surface area (Å²) in [7, 11) is 2.23. The summed E-state index contributed by atoms with van der Waals surface area (Å²) in [5.41, 5.74) is 8.13. The average Bonchev–Trinajstić information content (AvgIpc) is 3.00. The van der Waals surface area contributed by atoms with Gasteiger partial charge < -0.3 is 10.6 Å². The lowest BCUT2D eigenvalue weighted by Gasteiger charge is -2.31. The van der Waals surface area contributed by atoms with Gasteiger partial charge in [-0.15, -0.1) is 0 Å². The molecule has 1 fully saturated rings. The molecule has 0 amide bonds. The minimum absolute atomic E-state index is 0.199. The van der Waals surface area contributed by atoms with Crippen LogP contribution in [0.4, 0.5) is 5.69 Å². The second-order valence-corrected chi connectivity index (χ2v) is 5.65. The van der Waals surface area contributed by atoms with E-state index in [1.165, 1.54) is 18.4 Å². The van der Waals surface area contributed by atoms with E-state index < -0.39 is 0 Å². The first-order chi connectivity index (χ1) is 7.49. The van der Waals surface area contributed by atoms with Crippen molar-refractivity contribution in [3.63, 3.8) is 0 Å². The van der Waals surface area contributed by atoms with E-state index in [1.54, 1.807) is 0 Å². The van der Waals surface area contributed by atoms with Crippen LogP contribution in [-0.2, 0) is 5.41 Å². The zero-order valence-corrected chi connectivity index (χ0v) is 10.5. The average molecular weight is 218 g/mol. The lowest BCUT2D eigenvalue weighted by molar-refractivity contribution is 0.259. The van der Waals surface area contributed by atoms with Crippen molar-refractivity contribution >= 4 is 5.69 Å². The van der Waals surface area contributed by atoms with Gasteiger partial charge in [0.1, 0.15) is 0 Å². The van der Waals surface area contributed by atoms with Crippen molar-refractivity contribution in [3.05, 3.63) is 29.8 Å². The number of rotatable bonds is 4. The highest BCUT2D eigenvalue weighted by Gasteiger charge is 2.31. The van der Waals surface area contributed by atoms with Crippen molar-refractivity contribution in [1.82, 2.24) is 4.90 Å². The molecule has 2 N–H and O–H groups in total. The lowest BCUT2D eigenvalue weighted by atomic mass is 9.84. The Balaban J connectivity index is 2.07. The van der Waals surface area contributed by atoms with E-state index >= 15 is 0 Å². The highest BCUT2D eigenvalue weighted by Crippen LogP contribution is 2.31. The molecule has 0 atom stereocenters. The predicted molar refractivity (Wildman–Crippen MR) is 69.5 cm³/mol. The predicted octanol–water partition coefficient (Wildman–Crippen LogP) is 2.64. The third-order valence-electron chi connectivity index (χ3n) is 3.51. The summed E-state index contributed by atoms with van der Waals surface area (Å²) in [6.45, 7) is 5.72. The maximum Gasteiger partial charge on any atom is 0.0314 e. The summed E-state index contributed by atoms with van der Waals surface area (Å²) in [6, 6.07) is 9.11. The SMILES string of the molecule is CN(CC(C)(C)c1ccc(N)cc1)C1CC1. The lowest BCUT2D eigenvalue weighted by Crippen LogP contribution is -2.35. The van der Waals surface area contributed by atoms with Crippen molar-refractivity contribution < 1.29 is 0 Å². The molecule has 2 nitrogen and oxygen atoms in total. The molecule has 88 valence electrons. The first-order valence-corrected chi connectivity index (χ1v) is 6.05. The molecule has 1 aliphatic rings. The Morgan fingerprint density at radius 1 is 1.25 bits per heavy atom. The number of hydrogen-bond donors (Lipinski definition) is 1. The fourth-order valence-electron chi connectivity index (χ4n) is 2.29. The van der Waals surface area contributed by atoms with Gasteiger partial charge in [0.25, 0.3) is 0 Å². The Kier molecular flexibility index (Phi) is 2.94. The summed E-state index contributed by atoms with van der Waals surface area (Å²) < 4.78 is 0. The van der Waals surface area contributed by atoms with Crippen LogP contribution in [0.15, 0.2) is 24.3 Å². The molecule has 16 heavy (non-hydrogen) atoms. The number of anilines is 1. The van der Waals surface area contributed by atoms with Gasteiger partial charge in [0.05, 0.1) is 0 Å². The van der Waals surface area contributed by atoms with Crippen LogP contribution in [0, 0.1) is 0 Å². The molecule has 0 radical (unpaired) electrons. The van der Waals surface area contributed by atoms with Crippen LogP contribution in [0.2, 0.25) is 0 Å². The second kappa shape index (κ2) is 4.10. The molecule has 0 unspecified atom stereocenters. The second-order valence-electron chi connectivity index (χ2n) is 5.65. The van der Waals surface area contributed by atoms with Gasteiger partial charge >= 0.3 is 0 Å². The fourth-order valence-corrected chi connectivity index (χ4v) is 2.29. The first kappa shape index (κ1) is 11.5. The minimum Gasteiger partial charge on any atom is -0.399 e. The van der Waals surface area contributed by atoms with Crippen LogP contribution in [0.1, 0.15) is 32.3 Å². The number of nitrogens with zero attached hydrogens (tertiary/aromatic N) is 1. The fraction of sp³-hybridized carbons (Fsp3) is 0.571. The topological polar surface area (TPSA) is 29.3 Å². The number of nitrogen functional groups attached to an aromatic ring is 1. The minimum atomic E-state index is 0.199. The Bertz CT molecular complexity index is 350. The molecule has 2 rings (SSSR count). The molecule has 0 aliphatic heterocycles. The quantitative estimate of drug-likeness (QED) is 0.787. The highest BCUT2D eigenvalue weighted by molar-refractivity contribution is 5.41. The number of nitrogens with two attached hydrogens (primary N) is 1. The van der Waals surface area contributed by atoms with E-state index in [9.17, 15) is 0 Å².